The number of imide groups is 1. The summed E-state index contributed by atoms with van der Waals surface area (Å²) in [5.41, 5.74) is 3.12. The maximum absolute atomic E-state index is 13.0. The molecule has 1 atom stereocenters. The largest absolute Gasteiger partial charge is 0.435 e. The van der Waals surface area contributed by atoms with Crippen LogP contribution in [-0.2, 0) is 38.6 Å². The van der Waals surface area contributed by atoms with Gasteiger partial charge in [-0.05, 0) is 47.7 Å². The highest BCUT2D eigenvalue weighted by Gasteiger charge is 2.39. The van der Waals surface area contributed by atoms with Gasteiger partial charge in [-0.15, -0.1) is 0 Å². The molecule has 0 spiro atoms. The van der Waals surface area contributed by atoms with Crippen LogP contribution in [0.4, 0.5) is 14.5 Å². The number of rotatable bonds is 9. The van der Waals surface area contributed by atoms with Crippen molar-refractivity contribution in [2.45, 2.75) is 51.4 Å². The quantitative estimate of drug-likeness (QED) is 0.456. The summed E-state index contributed by atoms with van der Waals surface area (Å²) in [6.07, 6.45) is 0.916. The molecule has 0 radical (unpaired) electrons. The topological polar surface area (TPSA) is 117 Å². The molecule has 3 aliphatic rings. The van der Waals surface area contributed by atoms with Crippen LogP contribution in [0.25, 0.3) is 0 Å². The van der Waals surface area contributed by atoms with Gasteiger partial charge < -0.3 is 19.7 Å². The predicted molar refractivity (Wildman–Crippen MR) is 139 cm³/mol. The summed E-state index contributed by atoms with van der Waals surface area (Å²) in [6, 6.07) is 9.34. The molecule has 10 nitrogen and oxygen atoms in total. The molecular formula is C28H30F2N4O6. The van der Waals surface area contributed by atoms with Crippen LogP contribution in [0.3, 0.4) is 0 Å². The van der Waals surface area contributed by atoms with E-state index in [9.17, 15) is 28.0 Å². The molecule has 0 saturated carbocycles. The van der Waals surface area contributed by atoms with E-state index >= 15 is 0 Å². The van der Waals surface area contributed by atoms with Gasteiger partial charge in [0.25, 0.3) is 5.91 Å². The lowest BCUT2D eigenvalue weighted by Crippen LogP contribution is -2.52. The van der Waals surface area contributed by atoms with Crippen LogP contribution in [0.2, 0.25) is 0 Å². The number of anilines is 1. The van der Waals surface area contributed by atoms with E-state index in [1.807, 2.05) is 12.1 Å². The first kappa shape index (κ1) is 27.7. The number of benzene rings is 2. The molecule has 3 aliphatic heterocycles. The van der Waals surface area contributed by atoms with Gasteiger partial charge in [0.05, 0.1) is 13.2 Å². The molecule has 2 fully saturated rings. The van der Waals surface area contributed by atoms with E-state index in [2.05, 4.69) is 20.3 Å². The average molecular weight is 557 g/mol. The third-order valence-electron chi connectivity index (χ3n) is 7.22. The van der Waals surface area contributed by atoms with Crippen LogP contribution < -0.4 is 15.4 Å². The minimum Gasteiger partial charge on any atom is -0.435 e. The maximum atomic E-state index is 13.0. The second-order valence-electron chi connectivity index (χ2n) is 10.1. The number of halogens is 2. The van der Waals surface area contributed by atoms with E-state index < -0.39 is 18.6 Å². The molecule has 5 rings (SSSR count). The van der Waals surface area contributed by atoms with Gasteiger partial charge >= 0.3 is 6.61 Å². The summed E-state index contributed by atoms with van der Waals surface area (Å²) in [6.45, 7) is 0.430. The molecular weight excluding hydrogens is 526 g/mol. The van der Waals surface area contributed by atoms with Gasteiger partial charge in [0.1, 0.15) is 11.8 Å². The predicted octanol–water partition coefficient (Wildman–Crippen LogP) is 2.45. The van der Waals surface area contributed by atoms with Crippen LogP contribution in [0.15, 0.2) is 36.4 Å². The molecule has 0 bridgehead atoms. The van der Waals surface area contributed by atoms with E-state index in [1.165, 1.54) is 17.0 Å². The highest BCUT2D eigenvalue weighted by Crippen LogP contribution is 2.29. The van der Waals surface area contributed by atoms with Crippen molar-refractivity contribution in [3.8, 4) is 5.75 Å². The first-order valence-electron chi connectivity index (χ1n) is 13.2. The number of ether oxygens (including phenoxy) is 2. The number of alkyl halides is 2. The van der Waals surface area contributed by atoms with Crippen molar-refractivity contribution in [1.82, 2.24) is 15.1 Å². The number of amides is 4. The van der Waals surface area contributed by atoms with Crippen molar-refractivity contribution in [1.29, 1.82) is 0 Å². The number of fused-ring (bicyclic) bond motifs is 1. The molecule has 0 aliphatic carbocycles. The van der Waals surface area contributed by atoms with E-state index in [-0.39, 0.29) is 49.3 Å². The van der Waals surface area contributed by atoms with Crippen LogP contribution in [0, 0.1) is 0 Å². The van der Waals surface area contributed by atoms with Crippen molar-refractivity contribution >= 4 is 29.3 Å². The maximum Gasteiger partial charge on any atom is 0.387 e. The van der Waals surface area contributed by atoms with E-state index in [1.54, 1.807) is 12.1 Å². The number of hydrogen-bond acceptors (Lipinski definition) is 7. The third-order valence-corrected chi connectivity index (χ3v) is 7.22. The van der Waals surface area contributed by atoms with Crippen molar-refractivity contribution in [2.24, 2.45) is 0 Å². The lowest BCUT2D eigenvalue weighted by atomic mass is 10.0. The Hall–Kier alpha value is -3.90. The summed E-state index contributed by atoms with van der Waals surface area (Å²) in [7, 11) is 0. The zero-order valence-corrected chi connectivity index (χ0v) is 21.8. The number of piperidine rings is 1. The van der Waals surface area contributed by atoms with Crippen molar-refractivity contribution < 1.29 is 37.4 Å². The van der Waals surface area contributed by atoms with Gasteiger partial charge in [-0.1, -0.05) is 12.1 Å². The Morgan fingerprint density at radius 2 is 1.90 bits per heavy atom. The van der Waals surface area contributed by atoms with Crippen molar-refractivity contribution in [3.05, 3.63) is 58.7 Å². The SMILES string of the molecule is O=C1CCC(N2Cc3ccc(CCC(=O)Nc4cc(CN5CCOCC5)cc(OC(F)F)c4)cc3C2=O)C(=O)N1. The second-order valence-corrected chi connectivity index (χ2v) is 10.1. The van der Waals surface area contributed by atoms with Crippen LogP contribution in [-0.4, -0.2) is 72.4 Å². The summed E-state index contributed by atoms with van der Waals surface area (Å²) in [4.78, 5) is 53.1. The smallest absolute Gasteiger partial charge is 0.387 e. The fourth-order valence-electron chi connectivity index (χ4n) is 5.25. The van der Waals surface area contributed by atoms with E-state index in [4.69, 9.17) is 4.74 Å². The van der Waals surface area contributed by atoms with Crippen molar-refractivity contribution in [2.75, 3.05) is 31.6 Å². The number of nitrogens with zero attached hydrogens (tertiary/aromatic N) is 2. The second kappa shape index (κ2) is 12.1. The fourth-order valence-corrected chi connectivity index (χ4v) is 5.25. The zero-order valence-electron chi connectivity index (χ0n) is 21.8. The first-order valence-corrected chi connectivity index (χ1v) is 13.2. The monoisotopic (exact) mass is 556 g/mol. The summed E-state index contributed by atoms with van der Waals surface area (Å²) >= 11 is 0. The highest BCUT2D eigenvalue weighted by molar-refractivity contribution is 6.05. The number of carbonyl (C=O) groups excluding carboxylic acids is 4. The number of carbonyl (C=O) groups is 4. The Morgan fingerprint density at radius 1 is 1.10 bits per heavy atom. The van der Waals surface area contributed by atoms with Gasteiger partial charge in [-0.2, -0.15) is 8.78 Å². The first-order chi connectivity index (χ1) is 19.2. The third kappa shape index (κ3) is 6.62. The summed E-state index contributed by atoms with van der Waals surface area (Å²) in [5.74, 6) is -1.44. The van der Waals surface area contributed by atoms with Crippen LogP contribution in [0.1, 0.15) is 46.3 Å². The molecule has 2 N–H and O–H groups in total. The molecule has 212 valence electrons. The van der Waals surface area contributed by atoms with Crippen LogP contribution >= 0.6 is 0 Å². The molecule has 12 heteroatoms. The number of morpholine rings is 1. The lowest BCUT2D eigenvalue weighted by molar-refractivity contribution is -0.137. The molecule has 3 heterocycles. The Balaban J connectivity index is 1.20. The minimum atomic E-state index is -2.99. The number of hydrogen-bond donors (Lipinski definition) is 2. The average Bonchev–Trinajstić information content (AvgIpc) is 3.23. The normalized spacial score (nSPS) is 19.5. The van der Waals surface area contributed by atoms with Gasteiger partial charge in [0.15, 0.2) is 0 Å². The highest BCUT2D eigenvalue weighted by atomic mass is 19.3. The molecule has 0 aromatic heterocycles. The Labute approximate surface area is 229 Å². The summed E-state index contributed by atoms with van der Waals surface area (Å²) in [5, 5.41) is 5.05. The Bertz CT molecular complexity index is 1310. The lowest BCUT2D eigenvalue weighted by Gasteiger charge is -2.29. The zero-order chi connectivity index (χ0) is 28.2. The molecule has 2 aromatic rings. The number of aryl methyl sites for hydroxylation is 1. The van der Waals surface area contributed by atoms with Gasteiger partial charge in [0.2, 0.25) is 17.7 Å². The van der Waals surface area contributed by atoms with E-state index in [0.717, 1.165) is 29.8 Å². The summed E-state index contributed by atoms with van der Waals surface area (Å²) < 4.78 is 35.8. The van der Waals surface area contributed by atoms with E-state index in [0.29, 0.717) is 37.4 Å². The van der Waals surface area contributed by atoms with Gasteiger partial charge in [-0.3, -0.25) is 29.4 Å². The Kier molecular flexibility index (Phi) is 8.36. The van der Waals surface area contributed by atoms with Crippen LogP contribution in [0.5, 0.6) is 5.75 Å². The molecule has 2 aromatic carbocycles. The number of nitrogens with one attached hydrogen (secondary N) is 2. The Morgan fingerprint density at radius 3 is 2.65 bits per heavy atom. The molecule has 4 amide bonds. The minimum absolute atomic E-state index is 0.0336. The van der Waals surface area contributed by atoms with Crippen molar-refractivity contribution in [3.63, 3.8) is 0 Å². The standard InChI is InChI=1S/C28H30F2N4O6/c29-28(30)40-21-12-18(15-33-7-9-39-10-8-33)11-20(14-21)31-24(35)5-2-17-1-3-19-16-34(27(38)22(19)13-17)23-4-6-25(36)32-26(23)37/h1,3,11-14,23,28H,2,4-10,15-16H2,(H,31,35)(H,32,36,37). The fraction of sp³-hybridized carbons (Fsp3) is 0.429. The van der Waals surface area contributed by atoms with Gasteiger partial charge in [-0.25, -0.2) is 0 Å². The molecule has 1 unspecified atom stereocenters. The molecule has 2 saturated heterocycles. The molecule has 40 heavy (non-hydrogen) atoms. The van der Waals surface area contributed by atoms with Gasteiger partial charge in [0, 0.05) is 56.3 Å².